The normalized spacial score (nSPS) is 9.93. The molecule has 0 saturated carbocycles. The van der Waals surface area contributed by atoms with Crippen LogP contribution < -0.4 is 5.32 Å². The molecular formula is C11H10ClN3. The molecule has 0 aliphatic heterocycles. The number of pyridine rings is 2. The molecule has 0 amide bonds. The van der Waals surface area contributed by atoms with E-state index >= 15 is 0 Å². The van der Waals surface area contributed by atoms with Gasteiger partial charge in [0.25, 0.3) is 0 Å². The Hall–Kier alpha value is -1.61. The van der Waals surface area contributed by atoms with E-state index in [2.05, 4.69) is 15.3 Å². The topological polar surface area (TPSA) is 37.8 Å². The van der Waals surface area contributed by atoms with Crippen LogP contribution in [0.1, 0.15) is 5.56 Å². The van der Waals surface area contributed by atoms with Crippen molar-refractivity contribution in [2.75, 3.05) is 5.32 Å². The molecule has 4 heteroatoms. The van der Waals surface area contributed by atoms with Crippen molar-refractivity contribution in [3.8, 4) is 0 Å². The highest BCUT2D eigenvalue weighted by Gasteiger charge is 1.99. The number of rotatable bonds is 3. The number of nitrogens with one attached hydrogen (secondary N) is 1. The lowest BCUT2D eigenvalue weighted by molar-refractivity contribution is 1.10. The Morgan fingerprint density at radius 2 is 1.93 bits per heavy atom. The average molecular weight is 220 g/mol. The van der Waals surface area contributed by atoms with Crippen molar-refractivity contribution in [2.45, 2.75) is 6.54 Å². The van der Waals surface area contributed by atoms with Crippen LogP contribution in [0.5, 0.6) is 0 Å². The maximum Gasteiger partial charge on any atom is 0.145 e. The van der Waals surface area contributed by atoms with Crippen LogP contribution in [0.4, 0.5) is 5.82 Å². The molecular weight excluding hydrogens is 210 g/mol. The van der Waals surface area contributed by atoms with Crippen LogP contribution in [-0.4, -0.2) is 9.97 Å². The molecule has 2 heterocycles. The SMILES string of the molecule is Clc1cccnc1NCc1ccncc1. The number of anilines is 1. The van der Waals surface area contributed by atoms with Gasteiger partial charge in [-0.3, -0.25) is 4.98 Å². The van der Waals surface area contributed by atoms with Crippen molar-refractivity contribution >= 4 is 17.4 Å². The van der Waals surface area contributed by atoms with Crippen LogP contribution in [0.25, 0.3) is 0 Å². The van der Waals surface area contributed by atoms with E-state index in [-0.39, 0.29) is 0 Å². The molecule has 15 heavy (non-hydrogen) atoms. The molecule has 3 nitrogen and oxygen atoms in total. The van der Waals surface area contributed by atoms with E-state index in [4.69, 9.17) is 11.6 Å². The molecule has 0 atom stereocenters. The molecule has 0 radical (unpaired) electrons. The van der Waals surface area contributed by atoms with Crippen molar-refractivity contribution in [1.29, 1.82) is 0 Å². The first-order chi connectivity index (χ1) is 7.36. The van der Waals surface area contributed by atoms with Gasteiger partial charge < -0.3 is 5.32 Å². The van der Waals surface area contributed by atoms with Gasteiger partial charge in [-0.2, -0.15) is 0 Å². The third-order valence-corrected chi connectivity index (χ3v) is 2.27. The fourth-order valence-corrected chi connectivity index (χ4v) is 1.39. The van der Waals surface area contributed by atoms with E-state index in [1.807, 2.05) is 18.2 Å². The lowest BCUT2D eigenvalue weighted by atomic mass is 10.3. The van der Waals surface area contributed by atoms with Crippen LogP contribution in [0, 0.1) is 0 Å². The van der Waals surface area contributed by atoms with E-state index in [1.165, 1.54) is 0 Å². The van der Waals surface area contributed by atoms with Crippen molar-refractivity contribution < 1.29 is 0 Å². The van der Waals surface area contributed by atoms with Gasteiger partial charge >= 0.3 is 0 Å². The fraction of sp³-hybridized carbons (Fsp3) is 0.0909. The van der Waals surface area contributed by atoms with Crippen LogP contribution in [0.2, 0.25) is 5.02 Å². The second kappa shape index (κ2) is 4.75. The number of nitrogens with zero attached hydrogens (tertiary/aromatic N) is 2. The van der Waals surface area contributed by atoms with Crippen LogP contribution in [0.3, 0.4) is 0 Å². The molecule has 2 rings (SSSR count). The third kappa shape index (κ3) is 2.67. The van der Waals surface area contributed by atoms with E-state index in [0.29, 0.717) is 17.4 Å². The Bertz CT molecular complexity index is 431. The van der Waals surface area contributed by atoms with E-state index in [0.717, 1.165) is 5.56 Å². The quantitative estimate of drug-likeness (QED) is 0.863. The summed E-state index contributed by atoms with van der Waals surface area (Å²) < 4.78 is 0. The van der Waals surface area contributed by atoms with Gasteiger partial charge in [-0.25, -0.2) is 4.98 Å². The summed E-state index contributed by atoms with van der Waals surface area (Å²) in [6, 6.07) is 7.51. The summed E-state index contributed by atoms with van der Waals surface area (Å²) >= 11 is 5.95. The molecule has 0 aliphatic carbocycles. The molecule has 0 aliphatic rings. The summed E-state index contributed by atoms with van der Waals surface area (Å²) in [6.45, 7) is 0.694. The largest absolute Gasteiger partial charge is 0.365 e. The fourth-order valence-electron chi connectivity index (χ4n) is 1.20. The van der Waals surface area contributed by atoms with Gasteiger partial charge in [0.05, 0.1) is 5.02 Å². The second-order valence-electron chi connectivity index (χ2n) is 3.04. The zero-order chi connectivity index (χ0) is 10.5. The molecule has 76 valence electrons. The number of hydrogen-bond donors (Lipinski definition) is 1. The highest BCUT2D eigenvalue weighted by molar-refractivity contribution is 6.32. The van der Waals surface area contributed by atoms with Gasteiger partial charge in [0.15, 0.2) is 0 Å². The Morgan fingerprint density at radius 1 is 1.13 bits per heavy atom. The maximum atomic E-state index is 5.95. The molecule has 0 fully saturated rings. The van der Waals surface area contributed by atoms with Gasteiger partial charge in [-0.1, -0.05) is 11.6 Å². The van der Waals surface area contributed by atoms with Crippen molar-refractivity contribution in [3.05, 3.63) is 53.4 Å². The first-order valence-corrected chi connectivity index (χ1v) is 4.97. The van der Waals surface area contributed by atoms with Crippen LogP contribution in [0.15, 0.2) is 42.9 Å². The Labute approximate surface area is 93.1 Å². The lowest BCUT2D eigenvalue weighted by Gasteiger charge is -2.06. The van der Waals surface area contributed by atoms with E-state index in [9.17, 15) is 0 Å². The first kappa shape index (κ1) is 9.93. The first-order valence-electron chi connectivity index (χ1n) is 4.59. The standard InChI is InChI=1S/C11H10ClN3/c12-10-2-1-5-14-11(10)15-8-9-3-6-13-7-4-9/h1-7H,8H2,(H,14,15). The minimum absolute atomic E-state index is 0.631. The van der Waals surface area contributed by atoms with Gasteiger partial charge in [-0.05, 0) is 29.8 Å². The monoisotopic (exact) mass is 219 g/mol. The highest BCUT2D eigenvalue weighted by atomic mass is 35.5. The minimum atomic E-state index is 0.631. The predicted molar refractivity (Wildman–Crippen MR) is 60.8 cm³/mol. The summed E-state index contributed by atoms with van der Waals surface area (Å²) in [5.74, 6) is 0.705. The van der Waals surface area contributed by atoms with Crippen molar-refractivity contribution in [2.24, 2.45) is 0 Å². The van der Waals surface area contributed by atoms with E-state index < -0.39 is 0 Å². The van der Waals surface area contributed by atoms with Gasteiger partial charge in [0.1, 0.15) is 5.82 Å². The molecule has 0 saturated heterocycles. The minimum Gasteiger partial charge on any atom is -0.365 e. The summed E-state index contributed by atoms with van der Waals surface area (Å²) in [4.78, 5) is 8.08. The number of halogens is 1. The number of aromatic nitrogens is 2. The molecule has 0 aromatic carbocycles. The highest BCUT2D eigenvalue weighted by Crippen LogP contribution is 2.17. The third-order valence-electron chi connectivity index (χ3n) is 1.97. The van der Waals surface area contributed by atoms with Crippen LogP contribution >= 0.6 is 11.6 Å². The molecule has 2 aromatic rings. The molecule has 0 bridgehead atoms. The van der Waals surface area contributed by atoms with Crippen LogP contribution in [-0.2, 0) is 6.54 Å². The zero-order valence-electron chi connectivity index (χ0n) is 8.02. The van der Waals surface area contributed by atoms with Crippen molar-refractivity contribution in [1.82, 2.24) is 9.97 Å². The summed E-state index contributed by atoms with van der Waals surface area (Å²) in [6.07, 6.45) is 5.23. The Kier molecular flexibility index (Phi) is 3.15. The smallest absolute Gasteiger partial charge is 0.145 e. The lowest BCUT2D eigenvalue weighted by Crippen LogP contribution is -2.01. The summed E-state index contributed by atoms with van der Waals surface area (Å²) in [5, 5.41) is 3.79. The maximum absolute atomic E-state index is 5.95. The zero-order valence-corrected chi connectivity index (χ0v) is 8.78. The molecule has 2 aromatic heterocycles. The predicted octanol–water partition coefficient (Wildman–Crippen LogP) is 2.74. The Morgan fingerprint density at radius 3 is 2.67 bits per heavy atom. The second-order valence-corrected chi connectivity index (χ2v) is 3.45. The summed E-state index contributed by atoms with van der Waals surface area (Å²) in [5.41, 5.74) is 1.15. The van der Waals surface area contributed by atoms with Gasteiger partial charge in [0, 0.05) is 25.1 Å². The van der Waals surface area contributed by atoms with E-state index in [1.54, 1.807) is 24.7 Å². The van der Waals surface area contributed by atoms with Crippen molar-refractivity contribution in [3.63, 3.8) is 0 Å². The molecule has 0 spiro atoms. The number of hydrogen-bond acceptors (Lipinski definition) is 3. The van der Waals surface area contributed by atoms with Gasteiger partial charge in [0.2, 0.25) is 0 Å². The average Bonchev–Trinajstić information content (AvgIpc) is 2.29. The molecule has 0 unspecified atom stereocenters. The molecule has 1 N–H and O–H groups in total. The Balaban J connectivity index is 2.03. The summed E-state index contributed by atoms with van der Waals surface area (Å²) in [7, 11) is 0. The van der Waals surface area contributed by atoms with Gasteiger partial charge in [-0.15, -0.1) is 0 Å².